The third kappa shape index (κ3) is 3.35. The van der Waals surface area contributed by atoms with Gasteiger partial charge in [-0.05, 0) is 42.0 Å². The van der Waals surface area contributed by atoms with Crippen molar-refractivity contribution >= 4 is 17.2 Å². The number of imidazole rings is 1. The van der Waals surface area contributed by atoms with Crippen LogP contribution in [0, 0.1) is 5.82 Å². The normalized spacial score (nSPS) is 11.0. The van der Waals surface area contributed by atoms with Gasteiger partial charge in [-0.1, -0.05) is 35.9 Å². The highest BCUT2D eigenvalue weighted by atomic mass is 35.5. The van der Waals surface area contributed by atoms with E-state index in [1.165, 1.54) is 12.1 Å². The summed E-state index contributed by atoms with van der Waals surface area (Å²) in [7, 11) is 0. The van der Waals surface area contributed by atoms with Crippen molar-refractivity contribution in [3.8, 4) is 17.0 Å². The first-order chi connectivity index (χ1) is 12.2. The summed E-state index contributed by atoms with van der Waals surface area (Å²) < 4.78 is 20.8. The zero-order chi connectivity index (χ0) is 17.2. The molecular formula is C20H14ClFN2O. The second-order valence-corrected chi connectivity index (χ2v) is 6.09. The summed E-state index contributed by atoms with van der Waals surface area (Å²) in [6, 6.07) is 17.6. The minimum absolute atomic E-state index is 0.258. The van der Waals surface area contributed by atoms with Crippen LogP contribution < -0.4 is 4.74 Å². The lowest BCUT2D eigenvalue weighted by molar-refractivity contribution is 0.308. The van der Waals surface area contributed by atoms with Crippen molar-refractivity contribution in [3.05, 3.63) is 89.5 Å². The van der Waals surface area contributed by atoms with Crippen molar-refractivity contribution in [2.75, 3.05) is 0 Å². The highest BCUT2D eigenvalue weighted by Crippen LogP contribution is 2.26. The van der Waals surface area contributed by atoms with Crippen LogP contribution >= 0.6 is 11.6 Å². The Balaban J connectivity index is 1.63. The van der Waals surface area contributed by atoms with Crippen LogP contribution in [0.4, 0.5) is 4.39 Å². The molecule has 25 heavy (non-hydrogen) atoms. The predicted molar refractivity (Wildman–Crippen MR) is 96.4 cm³/mol. The van der Waals surface area contributed by atoms with Crippen molar-refractivity contribution in [2.45, 2.75) is 6.61 Å². The van der Waals surface area contributed by atoms with Gasteiger partial charge in [-0.3, -0.25) is 0 Å². The van der Waals surface area contributed by atoms with Crippen molar-refractivity contribution in [1.29, 1.82) is 0 Å². The molecule has 0 saturated heterocycles. The molecule has 2 aromatic carbocycles. The van der Waals surface area contributed by atoms with Crippen LogP contribution in [-0.4, -0.2) is 9.38 Å². The van der Waals surface area contributed by atoms with Crippen LogP contribution in [0.1, 0.15) is 5.56 Å². The van der Waals surface area contributed by atoms with E-state index in [4.69, 9.17) is 16.3 Å². The zero-order valence-corrected chi connectivity index (χ0v) is 13.9. The maximum absolute atomic E-state index is 13.0. The molecule has 0 unspecified atom stereocenters. The molecule has 0 aliphatic rings. The van der Waals surface area contributed by atoms with E-state index in [2.05, 4.69) is 4.98 Å². The van der Waals surface area contributed by atoms with E-state index in [0.717, 1.165) is 22.5 Å². The number of nitrogens with zero attached hydrogens (tertiary/aromatic N) is 2. The molecule has 5 heteroatoms. The summed E-state index contributed by atoms with van der Waals surface area (Å²) in [5.41, 5.74) is 3.45. The average Bonchev–Trinajstić information content (AvgIpc) is 3.06. The molecule has 0 radical (unpaired) electrons. The number of aromatic nitrogens is 2. The fraction of sp³-hybridized carbons (Fsp3) is 0.0500. The molecule has 0 amide bonds. The van der Waals surface area contributed by atoms with Gasteiger partial charge in [-0.15, -0.1) is 0 Å². The third-order valence-corrected chi connectivity index (χ3v) is 4.15. The van der Waals surface area contributed by atoms with Crippen LogP contribution in [0.2, 0.25) is 5.02 Å². The zero-order valence-electron chi connectivity index (χ0n) is 13.2. The molecular weight excluding hydrogens is 339 g/mol. The van der Waals surface area contributed by atoms with Crippen molar-refractivity contribution < 1.29 is 9.13 Å². The number of ether oxygens (including phenoxy) is 1. The summed E-state index contributed by atoms with van der Waals surface area (Å²) in [6.45, 7) is 0.350. The summed E-state index contributed by atoms with van der Waals surface area (Å²) in [6.07, 6.45) is 3.87. The highest BCUT2D eigenvalue weighted by Gasteiger charge is 2.09. The molecule has 0 spiro atoms. The fourth-order valence-corrected chi connectivity index (χ4v) is 2.73. The lowest BCUT2D eigenvalue weighted by Gasteiger charge is -2.07. The van der Waals surface area contributed by atoms with Gasteiger partial charge in [-0.25, -0.2) is 9.37 Å². The molecule has 0 saturated carbocycles. The van der Waals surface area contributed by atoms with Gasteiger partial charge in [0.25, 0.3) is 0 Å². The monoisotopic (exact) mass is 352 g/mol. The standard InChI is InChI=1S/C20H14ClFN2O/c21-16-7-5-15(6-8-16)18-12-24-11-1-2-19(20(24)23-18)25-13-14-3-9-17(22)10-4-14/h1-12H,13H2. The molecule has 0 aliphatic carbocycles. The number of pyridine rings is 1. The van der Waals surface area contributed by atoms with Crippen LogP contribution in [0.5, 0.6) is 5.75 Å². The molecule has 0 atom stereocenters. The second-order valence-electron chi connectivity index (χ2n) is 5.65. The van der Waals surface area contributed by atoms with Crippen LogP contribution in [0.15, 0.2) is 73.1 Å². The van der Waals surface area contributed by atoms with E-state index < -0.39 is 0 Å². The van der Waals surface area contributed by atoms with Crippen molar-refractivity contribution in [3.63, 3.8) is 0 Å². The molecule has 4 rings (SSSR count). The number of hydrogen-bond donors (Lipinski definition) is 0. The lowest BCUT2D eigenvalue weighted by atomic mass is 10.2. The Morgan fingerprint density at radius 3 is 2.52 bits per heavy atom. The molecule has 2 aromatic heterocycles. The Bertz CT molecular complexity index is 1010. The molecule has 0 bridgehead atoms. The van der Waals surface area contributed by atoms with Gasteiger partial charge in [0.1, 0.15) is 12.4 Å². The summed E-state index contributed by atoms with van der Waals surface area (Å²) in [4.78, 5) is 4.67. The molecule has 4 aromatic rings. The smallest absolute Gasteiger partial charge is 0.180 e. The summed E-state index contributed by atoms with van der Waals surface area (Å²) >= 11 is 5.94. The number of benzene rings is 2. The maximum Gasteiger partial charge on any atom is 0.180 e. The maximum atomic E-state index is 13.0. The van der Waals surface area contributed by atoms with Crippen LogP contribution in [-0.2, 0) is 6.61 Å². The molecule has 124 valence electrons. The van der Waals surface area contributed by atoms with Gasteiger partial charge >= 0.3 is 0 Å². The van der Waals surface area contributed by atoms with Gasteiger partial charge in [0.2, 0.25) is 0 Å². The van der Waals surface area contributed by atoms with E-state index in [0.29, 0.717) is 17.4 Å². The minimum atomic E-state index is -0.258. The van der Waals surface area contributed by atoms with Gasteiger partial charge in [0.15, 0.2) is 11.4 Å². The second kappa shape index (κ2) is 6.57. The van der Waals surface area contributed by atoms with Gasteiger partial charge in [0.05, 0.1) is 5.69 Å². The van der Waals surface area contributed by atoms with Crippen LogP contribution in [0.3, 0.4) is 0 Å². The lowest BCUT2D eigenvalue weighted by Crippen LogP contribution is -1.97. The van der Waals surface area contributed by atoms with Gasteiger partial charge in [-0.2, -0.15) is 0 Å². The van der Waals surface area contributed by atoms with E-state index in [1.807, 2.05) is 53.2 Å². The number of fused-ring (bicyclic) bond motifs is 1. The Morgan fingerprint density at radius 2 is 1.76 bits per heavy atom. The quantitative estimate of drug-likeness (QED) is 0.493. The van der Waals surface area contributed by atoms with Crippen molar-refractivity contribution in [1.82, 2.24) is 9.38 Å². The molecule has 0 fully saturated rings. The van der Waals surface area contributed by atoms with Crippen LogP contribution in [0.25, 0.3) is 16.9 Å². The Labute approximate surface area is 149 Å². The van der Waals surface area contributed by atoms with E-state index in [9.17, 15) is 4.39 Å². The number of rotatable bonds is 4. The first-order valence-corrected chi connectivity index (χ1v) is 8.18. The number of halogens is 2. The van der Waals surface area contributed by atoms with Gasteiger partial charge < -0.3 is 9.14 Å². The number of hydrogen-bond acceptors (Lipinski definition) is 2. The first kappa shape index (κ1) is 15.7. The molecule has 2 heterocycles. The van der Waals surface area contributed by atoms with Gasteiger partial charge in [0, 0.05) is 23.0 Å². The summed E-state index contributed by atoms with van der Waals surface area (Å²) in [5.74, 6) is 0.416. The minimum Gasteiger partial charge on any atom is -0.485 e. The van der Waals surface area contributed by atoms with Crippen molar-refractivity contribution in [2.24, 2.45) is 0 Å². The van der Waals surface area contributed by atoms with E-state index in [-0.39, 0.29) is 5.82 Å². The molecule has 0 N–H and O–H groups in total. The first-order valence-electron chi connectivity index (χ1n) is 7.80. The predicted octanol–water partition coefficient (Wildman–Crippen LogP) is 5.37. The fourth-order valence-electron chi connectivity index (χ4n) is 2.60. The summed E-state index contributed by atoms with van der Waals surface area (Å²) in [5, 5.41) is 0.691. The average molecular weight is 353 g/mol. The third-order valence-electron chi connectivity index (χ3n) is 3.89. The molecule has 0 aliphatic heterocycles. The highest BCUT2D eigenvalue weighted by molar-refractivity contribution is 6.30. The van der Waals surface area contributed by atoms with E-state index in [1.54, 1.807) is 12.1 Å². The SMILES string of the molecule is Fc1ccc(COc2cccn3cc(-c4ccc(Cl)cc4)nc23)cc1. The Kier molecular flexibility index (Phi) is 4.12. The Morgan fingerprint density at radius 1 is 1.00 bits per heavy atom. The Hall–Kier alpha value is -2.85. The van der Waals surface area contributed by atoms with E-state index >= 15 is 0 Å². The largest absolute Gasteiger partial charge is 0.485 e. The topological polar surface area (TPSA) is 26.5 Å². The molecule has 3 nitrogen and oxygen atoms in total.